The van der Waals surface area contributed by atoms with Crippen LogP contribution in [0.1, 0.15) is 57.4 Å². The van der Waals surface area contributed by atoms with E-state index >= 15 is 0 Å². The zero-order valence-corrected chi connectivity index (χ0v) is 17.0. The first-order valence-corrected chi connectivity index (χ1v) is 10.5. The summed E-state index contributed by atoms with van der Waals surface area (Å²) in [6, 6.07) is 0.118. The number of aromatic nitrogens is 2. The fourth-order valence-electron chi connectivity index (χ4n) is 3.61. The smallest absolute Gasteiger partial charge is 0.262 e. The molecule has 0 saturated carbocycles. The van der Waals surface area contributed by atoms with Crippen molar-refractivity contribution in [1.82, 2.24) is 14.9 Å². The maximum absolute atomic E-state index is 12.9. The molecule has 0 saturated heterocycles. The van der Waals surface area contributed by atoms with Gasteiger partial charge in [0.1, 0.15) is 11.4 Å². The van der Waals surface area contributed by atoms with Crippen LogP contribution in [0.15, 0.2) is 11.1 Å². The topological polar surface area (TPSA) is 64.0 Å². The minimum atomic E-state index is -0.123. The highest BCUT2D eigenvalue weighted by atomic mass is 32.1. The molecule has 3 rings (SSSR count). The SMILES string of the molecule is CC(C)CC[C@H](C)NC(=O)Cn1cnc2sc3c(c2c1=O)CC[C@H](C)C3. The van der Waals surface area contributed by atoms with Crippen molar-refractivity contribution >= 4 is 27.5 Å². The molecule has 2 heterocycles. The molecule has 0 unspecified atom stereocenters. The van der Waals surface area contributed by atoms with Crippen molar-refractivity contribution in [1.29, 1.82) is 0 Å². The van der Waals surface area contributed by atoms with Crippen LogP contribution in [0, 0.1) is 11.8 Å². The summed E-state index contributed by atoms with van der Waals surface area (Å²) in [6.07, 6.45) is 6.63. The Labute approximate surface area is 158 Å². The second-order valence-electron chi connectivity index (χ2n) is 8.15. The Kier molecular flexibility index (Phi) is 5.80. The summed E-state index contributed by atoms with van der Waals surface area (Å²) in [5.74, 6) is 1.16. The maximum atomic E-state index is 12.9. The summed E-state index contributed by atoms with van der Waals surface area (Å²) < 4.78 is 1.46. The summed E-state index contributed by atoms with van der Waals surface area (Å²) in [6.45, 7) is 8.66. The molecule has 2 aromatic heterocycles. The van der Waals surface area contributed by atoms with Crippen LogP contribution < -0.4 is 10.9 Å². The fourth-order valence-corrected chi connectivity index (χ4v) is 4.95. The van der Waals surface area contributed by atoms with Gasteiger partial charge in [0, 0.05) is 10.9 Å². The van der Waals surface area contributed by atoms with Gasteiger partial charge in [0.05, 0.1) is 11.7 Å². The first-order chi connectivity index (χ1) is 12.3. The van der Waals surface area contributed by atoms with E-state index in [9.17, 15) is 9.59 Å². The van der Waals surface area contributed by atoms with Crippen LogP contribution in [0.3, 0.4) is 0 Å². The lowest BCUT2D eigenvalue weighted by molar-refractivity contribution is -0.122. The quantitative estimate of drug-likeness (QED) is 0.840. The van der Waals surface area contributed by atoms with Crippen molar-refractivity contribution in [2.24, 2.45) is 11.8 Å². The number of fused-ring (bicyclic) bond motifs is 3. The first-order valence-electron chi connectivity index (χ1n) is 9.64. The summed E-state index contributed by atoms with van der Waals surface area (Å²) in [7, 11) is 0. The van der Waals surface area contributed by atoms with Crippen molar-refractivity contribution < 1.29 is 4.79 Å². The van der Waals surface area contributed by atoms with Crippen LogP contribution in [0.5, 0.6) is 0 Å². The molecule has 26 heavy (non-hydrogen) atoms. The normalized spacial score (nSPS) is 18.1. The standard InChI is InChI=1S/C20H29N3O2S/c1-12(2)5-7-14(4)22-17(24)10-23-11-21-19-18(20(23)25)15-8-6-13(3)9-16(15)26-19/h11-14H,5-10H2,1-4H3,(H,22,24)/t13-,14-/m0/s1. The molecule has 2 atom stereocenters. The van der Waals surface area contributed by atoms with Gasteiger partial charge < -0.3 is 5.32 Å². The van der Waals surface area contributed by atoms with E-state index in [0.29, 0.717) is 11.8 Å². The molecule has 0 radical (unpaired) electrons. The molecule has 0 spiro atoms. The van der Waals surface area contributed by atoms with Gasteiger partial charge in [-0.25, -0.2) is 4.98 Å². The van der Waals surface area contributed by atoms with E-state index in [1.165, 1.54) is 21.3 Å². The highest BCUT2D eigenvalue weighted by Gasteiger charge is 2.23. The molecule has 1 amide bonds. The average molecular weight is 376 g/mol. The molecule has 1 aliphatic rings. The third kappa shape index (κ3) is 4.17. The number of thiophene rings is 1. The van der Waals surface area contributed by atoms with Crippen LogP contribution in [0.2, 0.25) is 0 Å². The lowest BCUT2D eigenvalue weighted by atomic mass is 9.89. The summed E-state index contributed by atoms with van der Waals surface area (Å²) >= 11 is 1.64. The van der Waals surface area contributed by atoms with Crippen molar-refractivity contribution in [2.75, 3.05) is 0 Å². The van der Waals surface area contributed by atoms with Crippen LogP contribution >= 0.6 is 11.3 Å². The van der Waals surface area contributed by atoms with E-state index in [1.807, 2.05) is 6.92 Å². The first kappa shape index (κ1) is 19.1. The average Bonchev–Trinajstić information content (AvgIpc) is 2.93. The molecule has 0 bridgehead atoms. The van der Waals surface area contributed by atoms with Gasteiger partial charge in [-0.1, -0.05) is 20.8 Å². The number of hydrogen-bond donors (Lipinski definition) is 1. The molecule has 142 valence electrons. The molecular formula is C20H29N3O2S. The van der Waals surface area contributed by atoms with E-state index in [0.717, 1.165) is 42.3 Å². The van der Waals surface area contributed by atoms with Gasteiger partial charge in [0.15, 0.2) is 0 Å². The van der Waals surface area contributed by atoms with Gasteiger partial charge in [0.25, 0.3) is 5.56 Å². The molecular weight excluding hydrogens is 346 g/mol. The molecule has 2 aromatic rings. The molecule has 6 heteroatoms. The number of nitrogens with one attached hydrogen (secondary N) is 1. The van der Waals surface area contributed by atoms with Crippen molar-refractivity contribution in [3.63, 3.8) is 0 Å². The predicted molar refractivity (Wildman–Crippen MR) is 107 cm³/mol. The van der Waals surface area contributed by atoms with Gasteiger partial charge in [-0.05, 0) is 56.4 Å². The summed E-state index contributed by atoms with van der Waals surface area (Å²) in [5.41, 5.74) is 1.09. The molecule has 0 fully saturated rings. The van der Waals surface area contributed by atoms with Crippen molar-refractivity contribution in [3.05, 3.63) is 27.1 Å². The predicted octanol–water partition coefficient (Wildman–Crippen LogP) is 3.52. The Morgan fingerprint density at radius 2 is 2.15 bits per heavy atom. The van der Waals surface area contributed by atoms with Gasteiger partial charge in [0.2, 0.25) is 5.91 Å². The zero-order valence-electron chi connectivity index (χ0n) is 16.2. The number of rotatable bonds is 6. The van der Waals surface area contributed by atoms with Crippen LogP contribution in [0.4, 0.5) is 0 Å². The number of amides is 1. The summed E-state index contributed by atoms with van der Waals surface area (Å²) in [4.78, 5) is 31.8. The van der Waals surface area contributed by atoms with E-state index < -0.39 is 0 Å². The lowest BCUT2D eigenvalue weighted by Gasteiger charge is -2.17. The Morgan fingerprint density at radius 1 is 1.38 bits per heavy atom. The van der Waals surface area contributed by atoms with Crippen LogP contribution in [-0.4, -0.2) is 21.5 Å². The second kappa shape index (κ2) is 7.91. The van der Waals surface area contributed by atoms with Gasteiger partial charge in [-0.15, -0.1) is 11.3 Å². The van der Waals surface area contributed by atoms with E-state index in [-0.39, 0.29) is 24.1 Å². The largest absolute Gasteiger partial charge is 0.352 e. The van der Waals surface area contributed by atoms with Gasteiger partial charge >= 0.3 is 0 Å². The van der Waals surface area contributed by atoms with E-state index in [2.05, 4.69) is 31.1 Å². The van der Waals surface area contributed by atoms with Crippen LogP contribution in [0.25, 0.3) is 10.2 Å². The number of aryl methyl sites for hydroxylation is 1. The third-order valence-corrected chi connectivity index (χ3v) is 6.34. The Bertz CT molecular complexity index is 853. The number of carbonyl (C=O) groups is 1. The number of carbonyl (C=O) groups excluding carboxylic acids is 1. The fraction of sp³-hybridized carbons (Fsp3) is 0.650. The molecule has 1 aliphatic carbocycles. The molecule has 5 nitrogen and oxygen atoms in total. The second-order valence-corrected chi connectivity index (χ2v) is 9.23. The third-order valence-electron chi connectivity index (χ3n) is 5.18. The highest BCUT2D eigenvalue weighted by molar-refractivity contribution is 7.18. The zero-order chi connectivity index (χ0) is 18.8. The van der Waals surface area contributed by atoms with Gasteiger partial charge in [-0.3, -0.25) is 14.2 Å². The minimum Gasteiger partial charge on any atom is -0.352 e. The number of nitrogens with zero attached hydrogens (tertiary/aromatic N) is 2. The van der Waals surface area contributed by atoms with E-state index in [4.69, 9.17) is 0 Å². The van der Waals surface area contributed by atoms with Gasteiger partial charge in [-0.2, -0.15) is 0 Å². The van der Waals surface area contributed by atoms with Crippen molar-refractivity contribution in [2.45, 2.75) is 72.4 Å². The Balaban J connectivity index is 1.76. The van der Waals surface area contributed by atoms with E-state index in [1.54, 1.807) is 11.3 Å². The maximum Gasteiger partial charge on any atom is 0.262 e. The van der Waals surface area contributed by atoms with Crippen molar-refractivity contribution in [3.8, 4) is 0 Å². The lowest BCUT2D eigenvalue weighted by Crippen LogP contribution is -2.37. The number of hydrogen-bond acceptors (Lipinski definition) is 4. The molecule has 0 aliphatic heterocycles. The van der Waals surface area contributed by atoms with Crippen LogP contribution in [-0.2, 0) is 24.2 Å². The Hall–Kier alpha value is -1.69. The summed E-state index contributed by atoms with van der Waals surface area (Å²) in [5, 5.41) is 3.73. The monoisotopic (exact) mass is 375 g/mol. The minimum absolute atomic E-state index is 0.0365. The Morgan fingerprint density at radius 3 is 2.88 bits per heavy atom. The molecule has 0 aromatic carbocycles. The molecule has 1 N–H and O–H groups in total. The highest BCUT2D eigenvalue weighted by Crippen LogP contribution is 2.35.